The van der Waals surface area contributed by atoms with Gasteiger partial charge in [-0.3, -0.25) is 4.79 Å². The van der Waals surface area contributed by atoms with Crippen molar-refractivity contribution in [1.29, 1.82) is 0 Å². The molecule has 0 atom stereocenters. The normalized spacial score (nSPS) is 16.6. The van der Waals surface area contributed by atoms with E-state index in [2.05, 4.69) is 5.32 Å². The Morgan fingerprint density at radius 2 is 2.06 bits per heavy atom. The van der Waals surface area contributed by atoms with E-state index in [0.717, 1.165) is 37.1 Å². The van der Waals surface area contributed by atoms with Crippen molar-refractivity contribution in [3.63, 3.8) is 0 Å². The average molecular weight is 268 g/mol. The van der Waals surface area contributed by atoms with Gasteiger partial charge in [0.25, 0.3) is 0 Å². The summed E-state index contributed by atoms with van der Waals surface area (Å²) in [5.41, 5.74) is 1.66. The van der Waals surface area contributed by atoms with E-state index >= 15 is 0 Å². The highest BCUT2D eigenvalue weighted by Crippen LogP contribution is 2.30. The maximum absolute atomic E-state index is 12.4. The molecule has 4 heteroatoms. The number of methoxy groups -OCH3 is 1. The molecular formula is C14H18ClNO2. The molecule has 0 bridgehead atoms. The minimum Gasteiger partial charge on any atom is -0.495 e. The van der Waals surface area contributed by atoms with Crippen molar-refractivity contribution in [3.05, 3.63) is 28.3 Å². The molecule has 98 valence electrons. The molecular weight excluding hydrogens is 250 g/mol. The van der Waals surface area contributed by atoms with E-state index < -0.39 is 0 Å². The van der Waals surface area contributed by atoms with Crippen LogP contribution in [0.15, 0.2) is 12.1 Å². The number of hydrogen-bond donors (Lipinski definition) is 1. The number of ether oxygens (including phenoxy) is 1. The highest BCUT2D eigenvalue weighted by molar-refractivity contribution is 6.32. The number of piperidine rings is 1. The fourth-order valence-electron chi connectivity index (χ4n) is 2.38. The highest BCUT2D eigenvalue weighted by atomic mass is 35.5. The first kappa shape index (κ1) is 13.4. The molecule has 1 aliphatic heterocycles. The smallest absolute Gasteiger partial charge is 0.166 e. The van der Waals surface area contributed by atoms with Crippen molar-refractivity contribution >= 4 is 17.4 Å². The van der Waals surface area contributed by atoms with E-state index in [9.17, 15) is 4.79 Å². The summed E-state index contributed by atoms with van der Waals surface area (Å²) < 4.78 is 5.15. The molecule has 1 aromatic carbocycles. The van der Waals surface area contributed by atoms with E-state index in [0.29, 0.717) is 10.8 Å². The second-order valence-corrected chi connectivity index (χ2v) is 5.10. The fourth-order valence-corrected chi connectivity index (χ4v) is 2.62. The molecule has 0 radical (unpaired) electrons. The molecule has 1 fully saturated rings. The van der Waals surface area contributed by atoms with Gasteiger partial charge in [-0.05, 0) is 50.6 Å². The number of aryl methyl sites for hydroxylation is 1. The van der Waals surface area contributed by atoms with Crippen LogP contribution in [0.1, 0.15) is 28.8 Å². The number of rotatable bonds is 3. The van der Waals surface area contributed by atoms with E-state index in [1.165, 1.54) is 0 Å². The number of benzene rings is 1. The van der Waals surface area contributed by atoms with Gasteiger partial charge in [0.15, 0.2) is 5.78 Å². The van der Waals surface area contributed by atoms with Crippen LogP contribution in [0.5, 0.6) is 5.75 Å². The molecule has 0 amide bonds. The standard InChI is InChI=1S/C14H18ClNO2/c1-9-7-13(18-2)12(15)8-11(9)14(17)10-3-5-16-6-4-10/h7-8,10,16H,3-6H2,1-2H3. The first-order valence-electron chi connectivity index (χ1n) is 6.22. The largest absolute Gasteiger partial charge is 0.495 e. The number of hydrogen-bond acceptors (Lipinski definition) is 3. The van der Waals surface area contributed by atoms with Gasteiger partial charge in [-0.15, -0.1) is 0 Å². The fraction of sp³-hybridized carbons (Fsp3) is 0.500. The van der Waals surface area contributed by atoms with Crippen LogP contribution < -0.4 is 10.1 Å². The molecule has 0 saturated carbocycles. The number of nitrogens with one attached hydrogen (secondary N) is 1. The maximum atomic E-state index is 12.4. The van der Waals surface area contributed by atoms with Gasteiger partial charge in [-0.1, -0.05) is 11.6 Å². The molecule has 0 aliphatic carbocycles. The first-order chi connectivity index (χ1) is 8.63. The first-order valence-corrected chi connectivity index (χ1v) is 6.60. The third-order valence-corrected chi connectivity index (χ3v) is 3.77. The molecule has 2 rings (SSSR count). The Labute approximate surface area is 112 Å². The number of Topliss-reactive ketones (excluding diaryl/α,β-unsaturated/α-hetero) is 1. The lowest BCUT2D eigenvalue weighted by Crippen LogP contribution is -2.32. The molecule has 1 heterocycles. The van der Waals surface area contributed by atoms with Crippen LogP contribution in [0, 0.1) is 12.8 Å². The van der Waals surface area contributed by atoms with Crippen LogP contribution in [-0.4, -0.2) is 26.0 Å². The maximum Gasteiger partial charge on any atom is 0.166 e. The molecule has 1 saturated heterocycles. The Hall–Kier alpha value is -1.06. The van der Waals surface area contributed by atoms with Crippen LogP contribution in [0.2, 0.25) is 5.02 Å². The Morgan fingerprint density at radius 3 is 2.67 bits per heavy atom. The SMILES string of the molecule is COc1cc(C)c(C(=O)C2CCNCC2)cc1Cl. The number of carbonyl (C=O) groups is 1. The van der Waals surface area contributed by atoms with Gasteiger partial charge >= 0.3 is 0 Å². The van der Waals surface area contributed by atoms with E-state index in [-0.39, 0.29) is 11.7 Å². The van der Waals surface area contributed by atoms with Crippen LogP contribution in [0.3, 0.4) is 0 Å². The lowest BCUT2D eigenvalue weighted by Gasteiger charge is -2.22. The van der Waals surface area contributed by atoms with Crippen molar-refractivity contribution in [3.8, 4) is 5.75 Å². The molecule has 0 unspecified atom stereocenters. The summed E-state index contributed by atoms with van der Waals surface area (Å²) in [7, 11) is 1.58. The Balaban J connectivity index is 2.27. The van der Waals surface area contributed by atoms with Crippen LogP contribution >= 0.6 is 11.6 Å². The summed E-state index contributed by atoms with van der Waals surface area (Å²) >= 11 is 6.09. The second-order valence-electron chi connectivity index (χ2n) is 4.69. The van der Waals surface area contributed by atoms with Gasteiger partial charge < -0.3 is 10.1 Å². The molecule has 3 nitrogen and oxygen atoms in total. The van der Waals surface area contributed by atoms with Crippen molar-refractivity contribution in [2.75, 3.05) is 20.2 Å². The van der Waals surface area contributed by atoms with Gasteiger partial charge in [0, 0.05) is 11.5 Å². The Morgan fingerprint density at radius 1 is 1.39 bits per heavy atom. The van der Waals surface area contributed by atoms with Gasteiger partial charge in [-0.2, -0.15) is 0 Å². The zero-order chi connectivity index (χ0) is 13.1. The third kappa shape index (κ3) is 2.68. The van der Waals surface area contributed by atoms with Crippen LogP contribution in [-0.2, 0) is 0 Å². The summed E-state index contributed by atoms with van der Waals surface area (Å²) in [6, 6.07) is 3.57. The number of carbonyl (C=O) groups excluding carboxylic acids is 1. The van der Waals surface area contributed by atoms with Crippen molar-refractivity contribution < 1.29 is 9.53 Å². The summed E-state index contributed by atoms with van der Waals surface area (Å²) in [5, 5.41) is 3.77. The minimum atomic E-state index is 0.120. The van der Waals surface area contributed by atoms with E-state index in [4.69, 9.17) is 16.3 Å². The molecule has 0 aromatic heterocycles. The number of halogens is 1. The summed E-state index contributed by atoms with van der Waals surface area (Å²) in [6.45, 7) is 3.76. The molecule has 1 aliphatic rings. The van der Waals surface area contributed by atoms with Gasteiger partial charge in [0.2, 0.25) is 0 Å². The predicted octanol–water partition coefficient (Wildman–Crippen LogP) is 2.84. The summed E-state index contributed by atoms with van der Waals surface area (Å²) in [4.78, 5) is 12.4. The zero-order valence-corrected chi connectivity index (χ0v) is 11.5. The summed E-state index contributed by atoms with van der Waals surface area (Å²) in [5.74, 6) is 0.948. The molecule has 1 aromatic rings. The van der Waals surface area contributed by atoms with Crippen molar-refractivity contribution in [2.45, 2.75) is 19.8 Å². The van der Waals surface area contributed by atoms with Crippen LogP contribution in [0.25, 0.3) is 0 Å². The average Bonchev–Trinajstić information content (AvgIpc) is 2.41. The van der Waals surface area contributed by atoms with Crippen molar-refractivity contribution in [1.82, 2.24) is 5.32 Å². The van der Waals surface area contributed by atoms with Gasteiger partial charge in [0.05, 0.1) is 12.1 Å². The predicted molar refractivity (Wildman–Crippen MR) is 72.7 cm³/mol. The second kappa shape index (κ2) is 5.72. The molecule has 18 heavy (non-hydrogen) atoms. The third-order valence-electron chi connectivity index (χ3n) is 3.47. The quantitative estimate of drug-likeness (QED) is 0.856. The lowest BCUT2D eigenvalue weighted by molar-refractivity contribution is 0.0894. The van der Waals surface area contributed by atoms with E-state index in [1.807, 2.05) is 13.0 Å². The lowest BCUT2D eigenvalue weighted by atomic mass is 9.88. The molecule has 0 spiro atoms. The van der Waals surface area contributed by atoms with Crippen molar-refractivity contribution in [2.24, 2.45) is 5.92 Å². The van der Waals surface area contributed by atoms with Crippen LogP contribution in [0.4, 0.5) is 0 Å². The topological polar surface area (TPSA) is 38.3 Å². The zero-order valence-electron chi connectivity index (χ0n) is 10.8. The van der Waals surface area contributed by atoms with E-state index in [1.54, 1.807) is 13.2 Å². The van der Waals surface area contributed by atoms with Gasteiger partial charge in [-0.25, -0.2) is 0 Å². The molecule has 1 N–H and O–H groups in total. The highest BCUT2D eigenvalue weighted by Gasteiger charge is 2.24. The monoisotopic (exact) mass is 267 g/mol. The Bertz CT molecular complexity index is 453. The number of ketones is 1. The summed E-state index contributed by atoms with van der Waals surface area (Å²) in [6.07, 6.45) is 1.81. The Kier molecular flexibility index (Phi) is 4.25. The van der Waals surface area contributed by atoms with Gasteiger partial charge in [0.1, 0.15) is 5.75 Å². The minimum absolute atomic E-state index is 0.120.